The molecule has 1 aromatic carbocycles. The van der Waals surface area contributed by atoms with Crippen molar-refractivity contribution < 1.29 is 14.3 Å². The largest absolute Gasteiger partial charge is 0.469 e. The van der Waals surface area contributed by atoms with Gasteiger partial charge in [-0.3, -0.25) is 9.59 Å². The molecule has 0 bridgehead atoms. The molecule has 154 valence electrons. The first-order chi connectivity index (χ1) is 13.4. The van der Waals surface area contributed by atoms with E-state index in [1.807, 2.05) is 42.2 Å². The van der Waals surface area contributed by atoms with Gasteiger partial charge in [0.15, 0.2) is 0 Å². The molecule has 0 aliphatic carbocycles. The standard InChI is InChI=1S/C23H34N2O3/c1-6-22(26)25(19-10-8-7-9-11-19)21-13-15-24(14-12-18(4)17(2)3)16-20(21)23(27)28-5/h7-11,20-21H,6,12-16H2,1-5H3. The second-order valence-corrected chi connectivity index (χ2v) is 7.77. The number of para-hydroxylation sites is 1. The number of amides is 1. The van der Waals surface area contributed by atoms with Crippen molar-refractivity contribution in [1.29, 1.82) is 0 Å². The Morgan fingerprint density at radius 1 is 1.18 bits per heavy atom. The fourth-order valence-electron chi connectivity index (χ4n) is 3.76. The third-order valence-electron chi connectivity index (χ3n) is 5.76. The third-order valence-corrected chi connectivity index (χ3v) is 5.76. The number of allylic oxidation sites excluding steroid dienone is 1. The van der Waals surface area contributed by atoms with Crippen LogP contribution in [0.1, 0.15) is 47.0 Å². The number of likely N-dealkylation sites (tertiary alicyclic amines) is 1. The highest BCUT2D eigenvalue weighted by atomic mass is 16.5. The number of methoxy groups -OCH3 is 1. The minimum Gasteiger partial charge on any atom is -0.469 e. The van der Waals surface area contributed by atoms with E-state index in [4.69, 9.17) is 4.74 Å². The number of piperidine rings is 1. The molecule has 0 N–H and O–H groups in total. The van der Waals surface area contributed by atoms with E-state index in [0.717, 1.165) is 31.6 Å². The Hall–Kier alpha value is -2.14. The lowest BCUT2D eigenvalue weighted by atomic mass is 9.89. The zero-order valence-electron chi connectivity index (χ0n) is 17.9. The highest BCUT2D eigenvalue weighted by Crippen LogP contribution is 2.29. The molecule has 2 atom stereocenters. The molecule has 1 amide bonds. The SMILES string of the molecule is CCC(=O)N(c1ccccc1)C1CCN(CCC(C)=C(C)C)CC1C(=O)OC. The van der Waals surface area contributed by atoms with Crippen molar-refractivity contribution in [1.82, 2.24) is 4.90 Å². The van der Waals surface area contributed by atoms with Gasteiger partial charge in [0, 0.05) is 31.7 Å². The molecule has 0 aromatic heterocycles. The zero-order valence-corrected chi connectivity index (χ0v) is 17.9. The number of carbonyl (C=O) groups excluding carboxylic acids is 2. The van der Waals surface area contributed by atoms with Gasteiger partial charge in [-0.2, -0.15) is 0 Å². The van der Waals surface area contributed by atoms with Crippen molar-refractivity contribution >= 4 is 17.6 Å². The molecule has 2 unspecified atom stereocenters. The average molecular weight is 387 g/mol. The van der Waals surface area contributed by atoms with Crippen molar-refractivity contribution in [3.8, 4) is 0 Å². The van der Waals surface area contributed by atoms with Gasteiger partial charge in [0.25, 0.3) is 0 Å². The van der Waals surface area contributed by atoms with E-state index in [1.54, 1.807) is 0 Å². The molecule has 28 heavy (non-hydrogen) atoms. The van der Waals surface area contributed by atoms with Crippen LogP contribution >= 0.6 is 0 Å². The number of carbonyl (C=O) groups is 2. The number of esters is 1. The number of nitrogens with zero attached hydrogens (tertiary/aromatic N) is 2. The molecule has 5 heteroatoms. The van der Waals surface area contributed by atoms with E-state index >= 15 is 0 Å². The third kappa shape index (κ3) is 5.44. The molecule has 1 aromatic rings. The topological polar surface area (TPSA) is 49.9 Å². The van der Waals surface area contributed by atoms with Gasteiger partial charge in [0.05, 0.1) is 19.1 Å². The van der Waals surface area contributed by atoms with Crippen LogP contribution in [0.25, 0.3) is 0 Å². The molecule has 0 radical (unpaired) electrons. The van der Waals surface area contributed by atoms with Gasteiger partial charge in [0.1, 0.15) is 0 Å². The van der Waals surface area contributed by atoms with E-state index in [2.05, 4.69) is 25.7 Å². The number of ether oxygens (including phenoxy) is 1. The maximum atomic E-state index is 12.8. The van der Waals surface area contributed by atoms with Crippen molar-refractivity contribution in [2.75, 3.05) is 31.6 Å². The Morgan fingerprint density at radius 2 is 1.86 bits per heavy atom. The van der Waals surface area contributed by atoms with Gasteiger partial charge >= 0.3 is 5.97 Å². The Labute approximate surface area is 169 Å². The van der Waals surface area contributed by atoms with Crippen LogP contribution in [-0.4, -0.2) is 49.6 Å². The first-order valence-corrected chi connectivity index (χ1v) is 10.2. The first kappa shape index (κ1) is 22.2. The monoisotopic (exact) mass is 386 g/mol. The Balaban J connectivity index is 2.23. The number of rotatable bonds is 7. The quantitative estimate of drug-likeness (QED) is 0.524. The fourth-order valence-corrected chi connectivity index (χ4v) is 3.76. The molecule has 1 heterocycles. The summed E-state index contributed by atoms with van der Waals surface area (Å²) >= 11 is 0. The Morgan fingerprint density at radius 3 is 2.43 bits per heavy atom. The van der Waals surface area contributed by atoms with Gasteiger partial charge in [-0.1, -0.05) is 36.3 Å². The van der Waals surface area contributed by atoms with Crippen molar-refractivity contribution in [3.63, 3.8) is 0 Å². The molecule has 1 aliphatic rings. The van der Waals surface area contributed by atoms with Crippen molar-refractivity contribution in [3.05, 3.63) is 41.5 Å². The summed E-state index contributed by atoms with van der Waals surface area (Å²) < 4.78 is 5.12. The molecule has 5 nitrogen and oxygen atoms in total. The molecule has 0 spiro atoms. The number of anilines is 1. The normalized spacial score (nSPS) is 19.8. The fraction of sp³-hybridized carbons (Fsp3) is 0.565. The lowest BCUT2D eigenvalue weighted by molar-refractivity contribution is -0.148. The van der Waals surface area contributed by atoms with E-state index in [-0.39, 0.29) is 23.8 Å². The maximum absolute atomic E-state index is 12.8. The van der Waals surface area contributed by atoms with Gasteiger partial charge in [-0.15, -0.1) is 0 Å². The van der Waals surface area contributed by atoms with E-state index in [9.17, 15) is 9.59 Å². The molecule has 1 saturated heterocycles. The van der Waals surface area contributed by atoms with Gasteiger partial charge in [-0.05, 0) is 45.7 Å². The second kappa shape index (κ2) is 10.4. The average Bonchev–Trinajstić information content (AvgIpc) is 2.72. The molecular formula is C23H34N2O3. The highest BCUT2D eigenvalue weighted by molar-refractivity contribution is 5.94. The van der Waals surface area contributed by atoms with Gasteiger partial charge in [-0.25, -0.2) is 0 Å². The van der Waals surface area contributed by atoms with Crippen LogP contribution in [0.5, 0.6) is 0 Å². The first-order valence-electron chi connectivity index (χ1n) is 10.2. The van der Waals surface area contributed by atoms with E-state index < -0.39 is 0 Å². The summed E-state index contributed by atoms with van der Waals surface area (Å²) in [6.07, 6.45) is 2.16. The van der Waals surface area contributed by atoms with Crippen LogP contribution < -0.4 is 4.90 Å². The Kier molecular flexibility index (Phi) is 8.24. The van der Waals surface area contributed by atoms with Gasteiger partial charge in [0.2, 0.25) is 5.91 Å². The van der Waals surface area contributed by atoms with Crippen LogP contribution in [0.3, 0.4) is 0 Å². The highest BCUT2D eigenvalue weighted by Gasteiger charge is 2.40. The lowest BCUT2D eigenvalue weighted by Crippen LogP contribution is -2.56. The lowest BCUT2D eigenvalue weighted by Gasteiger charge is -2.42. The summed E-state index contributed by atoms with van der Waals surface area (Å²) in [6, 6.07) is 9.48. The number of hydrogen-bond donors (Lipinski definition) is 0. The number of benzene rings is 1. The van der Waals surface area contributed by atoms with Crippen molar-refractivity contribution in [2.24, 2.45) is 5.92 Å². The summed E-state index contributed by atoms with van der Waals surface area (Å²) in [5, 5.41) is 0. The van der Waals surface area contributed by atoms with Crippen LogP contribution in [-0.2, 0) is 14.3 Å². The summed E-state index contributed by atoms with van der Waals surface area (Å²) in [6.45, 7) is 10.7. The summed E-state index contributed by atoms with van der Waals surface area (Å²) in [4.78, 5) is 29.6. The van der Waals surface area contributed by atoms with Crippen LogP contribution in [0.4, 0.5) is 5.69 Å². The maximum Gasteiger partial charge on any atom is 0.312 e. The number of hydrogen-bond acceptors (Lipinski definition) is 4. The Bertz CT molecular complexity index is 695. The summed E-state index contributed by atoms with van der Waals surface area (Å²) in [5.41, 5.74) is 3.59. The summed E-state index contributed by atoms with van der Waals surface area (Å²) in [7, 11) is 1.43. The summed E-state index contributed by atoms with van der Waals surface area (Å²) in [5.74, 6) is -0.543. The van der Waals surface area contributed by atoms with E-state index in [0.29, 0.717) is 13.0 Å². The smallest absolute Gasteiger partial charge is 0.312 e. The molecule has 1 fully saturated rings. The molecule has 0 saturated carbocycles. The van der Waals surface area contributed by atoms with Crippen LogP contribution in [0.2, 0.25) is 0 Å². The molecular weight excluding hydrogens is 352 g/mol. The minimum absolute atomic E-state index is 0.0407. The predicted octanol–water partition coefficient (Wildman–Crippen LogP) is 4.04. The van der Waals surface area contributed by atoms with Crippen LogP contribution in [0.15, 0.2) is 41.5 Å². The van der Waals surface area contributed by atoms with Crippen LogP contribution in [0, 0.1) is 5.92 Å². The molecule has 1 aliphatic heterocycles. The zero-order chi connectivity index (χ0) is 20.7. The molecule has 2 rings (SSSR count). The predicted molar refractivity (Wildman–Crippen MR) is 113 cm³/mol. The van der Waals surface area contributed by atoms with E-state index in [1.165, 1.54) is 18.3 Å². The second-order valence-electron chi connectivity index (χ2n) is 7.77. The minimum atomic E-state index is -0.346. The van der Waals surface area contributed by atoms with Gasteiger partial charge < -0.3 is 14.5 Å². The van der Waals surface area contributed by atoms with Crippen molar-refractivity contribution in [2.45, 2.75) is 53.0 Å².